The molecule has 7 nitrogen and oxygen atoms in total. The molecule has 2 aromatic rings. The van der Waals surface area contributed by atoms with Crippen LogP contribution in [0, 0.1) is 0 Å². The van der Waals surface area contributed by atoms with Gasteiger partial charge in [0, 0.05) is 44.4 Å². The molecule has 0 fully saturated rings. The van der Waals surface area contributed by atoms with Crippen molar-refractivity contribution in [2.75, 3.05) is 20.4 Å². The molecule has 0 amide bonds. The van der Waals surface area contributed by atoms with E-state index in [2.05, 4.69) is 5.10 Å². The van der Waals surface area contributed by atoms with E-state index in [1.165, 1.54) is 29.1 Å². The molecule has 0 aliphatic rings. The number of benzene rings is 1. The zero-order chi connectivity index (χ0) is 19.5. The van der Waals surface area contributed by atoms with Crippen molar-refractivity contribution in [2.24, 2.45) is 0 Å². The van der Waals surface area contributed by atoms with Crippen LogP contribution < -0.4 is 5.43 Å². The Kier molecular flexibility index (Phi) is 5.76. The minimum atomic E-state index is -3.38. The zero-order valence-electron chi connectivity index (χ0n) is 15.1. The van der Waals surface area contributed by atoms with Gasteiger partial charge in [0.15, 0.2) is 15.5 Å². The Morgan fingerprint density at radius 1 is 1.27 bits per heavy atom. The molecule has 0 radical (unpaired) electrons. The van der Waals surface area contributed by atoms with Crippen LogP contribution in [0.5, 0.6) is 0 Å². The molecule has 26 heavy (non-hydrogen) atoms. The summed E-state index contributed by atoms with van der Waals surface area (Å²) < 4.78 is 24.8. The number of hydrogen-bond donors (Lipinski definition) is 0. The summed E-state index contributed by atoms with van der Waals surface area (Å²) in [6.45, 7) is 1.82. The van der Waals surface area contributed by atoms with Crippen LogP contribution in [0.4, 0.5) is 0 Å². The molecular formula is C18H21N3O4S. The summed E-state index contributed by atoms with van der Waals surface area (Å²) in [5, 5.41) is 4.14. The van der Waals surface area contributed by atoms with E-state index in [-0.39, 0.29) is 10.6 Å². The Balaban J connectivity index is 2.55. The molecule has 8 heteroatoms. The summed E-state index contributed by atoms with van der Waals surface area (Å²) in [5.74, 6) is -0.445. The van der Waals surface area contributed by atoms with Gasteiger partial charge in [-0.2, -0.15) is 5.10 Å². The number of aromatic nitrogens is 2. The first-order valence-electron chi connectivity index (χ1n) is 7.95. The lowest BCUT2D eigenvalue weighted by molar-refractivity contribution is 0.102. The second kappa shape index (κ2) is 7.65. The second-order valence-corrected chi connectivity index (χ2v) is 8.06. The summed E-state index contributed by atoms with van der Waals surface area (Å²) in [4.78, 5) is 26.7. The Bertz CT molecular complexity index is 1020. The lowest BCUT2D eigenvalue weighted by Gasteiger charge is -2.11. The van der Waals surface area contributed by atoms with Crippen molar-refractivity contribution in [3.63, 3.8) is 0 Å². The minimum Gasteiger partial charge on any atom is -0.383 e. The zero-order valence-corrected chi connectivity index (χ0v) is 15.9. The summed E-state index contributed by atoms with van der Waals surface area (Å²) in [6.07, 6.45) is 4.63. The van der Waals surface area contributed by atoms with Gasteiger partial charge in [0.05, 0.1) is 10.6 Å². The first kappa shape index (κ1) is 19.6. The van der Waals surface area contributed by atoms with Gasteiger partial charge in [-0.25, -0.2) is 13.1 Å². The van der Waals surface area contributed by atoms with Gasteiger partial charge in [0.2, 0.25) is 11.2 Å². The normalized spacial score (nSPS) is 12.1. The first-order valence-corrected chi connectivity index (χ1v) is 9.85. The van der Waals surface area contributed by atoms with Crippen molar-refractivity contribution in [1.82, 2.24) is 14.7 Å². The molecule has 0 saturated carbocycles. The topological polar surface area (TPSA) is 89.3 Å². The van der Waals surface area contributed by atoms with Crippen LogP contribution >= 0.6 is 0 Å². The van der Waals surface area contributed by atoms with Gasteiger partial charge in [-0.1, -0.05) is 13.0 Å². The van der Waals surface area contributed by atoms with Gasteiger partial charge in [-0.3, -0.25) is 9.59 Å². The van der Waals surface area contributed by atoms with Gasteiger partial charge >= 0.3 is 0 Å². The smallest absolute Gasteiger partial charge is 0.214 e. The largest absolute Gasteiger partial charge is 0.383 e. The van der Waals surface area contributed by atoms with E-state index in [1.807, 2.05) is 6.92 Å². The summed E-state index contributed by atoms with van der Waals surface area (Å²) in [5.41, 5.74) is 0.217. The molecule has 2 rings (SSSR count). The molecule has 0 saturated heterocycles. The molecule has 1 heterocycles. The van der Waals surface area contributed by atoms with Gasteiger partial charge in [-0.05, 0) is 24.6 Å². The highest BCUT2D eigenvalue weighted by atomic mass is 32.2. The molecule has 0 spiro atoms. The molecule has 0 atom stereocenters. The number of allylic oxidation sites excluding steroid dienone is 1. The van der Waals surface area contributed by atoms with E-state index in [9.17, 15) is 18.0 Å². The van der Waals surface area contributed by atoms with Crippen LogP contribution in [0.25, 0.3) is 5.69 Å². The third-order valence-corrected chi connectivity index (χ3v) is 4.73. The van der Waals surface area contributed by atoms with E-state index in [4.69, 9.17) is 0 Å². The average Bonchev–Trinajstić information content (AvgIpc) is 2.58. The second-order valence-electron chi connectivity index (χ2n) is 6.04. The quantitative estimate of drug-likeness (QED) is 0.564. The number of ketones is 1. The summed E-state index contributed by atoms with van der Waals surface area (Å²) >= 11 is 0. The van der Waals surface area contributed by atoms with Gasteiger partial charge in [0.25, 0.3) is 0 Å². The molecule has 1 aromatic heterocycles. The standard InChI is InChI=1S/C18H21N3O4S/c1-5-13(12-20(2)3)18(23)17-16(22)9-10-21(19-17)14-7-6-8-15(11-14)26(4,24)25/h6-12H,5H2,1-4H3. The third-order valence-electron chi connectivity index (χ3n) is 3.62. The summed E-state index contributed by atoms with van der Waals surface area (Å²) in [6, 6.07) is 7.39. The van der Waals surface area contributed by atoms with E-state index in [0.717, 1.165) is 6.26 Å². The lowest BCUT2D eigenvalue weighted by atomic mass is 10.1. The Morgan fingerprint density at radius 3 is 2.54 bits per heavy atom. The maximum absolute atomic E-state index is 12.7. The van der Waals surface area contributed by atoms with Crippen LogP contribution in [-0.2, 0) is 9.84 Å². The van der Waals surface area contributed by atoms with E-state index >= 15 is 0 Å². The van der Waals surface area contributed by atoms with Crippen LogP contribution in [0.3, 0.4) is 0 Å². The molecule has 0 bridgehead atoms. The van der Waals surface area contributed by atoms with Gasteiger partial charge in [0.1, 0.15) is 0 Å². The monoisotopic (exact) mass is 375 g/mol. The fourth-order valence-electron chi connectivity index (χ4n) is 2.34. The SMILES string of the molecule is CCC(=CN(C)C)C(=O)c1nn(-c2cccc(S(C)(=O)=O)c2)ccc1=O. The maximum atomic E-state index is 12.7. The van der Waals surface area contributed by atoms with Crippen LogP contribution in [-0.4, -0.2) is 49.2 Å². The molecule has 0 unspecified atom stereocenters. The number of sulfone groups is 1. The van der Waals surface area contributed by atoms with Crippen molar-refractivity contribution < 1.29 is 13.2 Å². The van der Waals surface area contributed by atoms with Crippen molar-refractivity contribution in [1.29, 1.82) is 0 Å². The Hall–Kier alpha value is -2.74. The maximum Gasteiger partial charge on any atom is 0.214 e. The molecule has 0 aliphatic heterocycles. The average molecular weight is 375 g/mol. The number of Topliss-reactive ketones (excluding diaryl/α,β-unsaturated/α-hetero) is 1. The highest BCUT2D eigenvalue weighted by molar-refractivity contribution is 7.90. The molecule has 1 aromatic carbocycles. The van der Waals surface area contributed by atoms with Gasteiger partial charge < -0.3 is 4.90 Å². The van der Waals surface area contributed by atoms with Crippen LogP contribution in [0.15, 0.2) is 58.0 Å². The predicted molar refractivity (Wildman–Crippen MR) is 99.3 cm³/mol. The number of hydrogen-bond acceptors (Lipinski definition) is 6. The lowest BCUT2D eigenvalue weighted by Crippen LogP contribution is -2.22. The number of carbonyl (C=O) groups is 1. The van der Waals surface area contributed by atoms with Crippen LogP contribution in [0.2, 0.25) is 0 Å². The Labute approximate surface area is 152 Å². The summed E-state index contributed by atoms with van der Waals surface area (Å²) in [7, 11) is 0.193. The van der Waals surface area contributed by atoms with Crippen LogP contribution in [0.1, 0.15) is 23.8 Å². The van der Waals surface area contributed by atoms with E-state index < -0.39 is 21.0 Å². The minimum absolute atomic E-state index is 0.130. The fourth-order valence-corrected chi connectivity index (χ4v) is 3.00. The highest BCUT2D eigenvalue weighted by Crippen LogP contribution is 2.14. The molecule has 138 valence electrons. The van der Waals surface area contributed by atoms with Gasteiger partial charge in [-0.15, -0.1) is 0 Å². The predicted octanol–water partition coefficient (Wildman–Crippen LogP) is 1.67. The molecule has 0 aliphatic carbocycles. The number of rotatable bonds is 6. The fraction of sp³-hybridized carbons (Fsp3) is 0.278. The third kappa shape index (κ3) is 4.45. The van der Waals surface area contributed by atoms with E-state index in [0.29, 0.717) is 17.7 Å². The van der Waals surface area contributed by atoms with Crippen molar-refractivity contribution in [2.45, 2.75) is 18.2 Å². The van der Waals surface area contributed by atoms with E-state index in [1.54, 1.807) is 37.3 Å². The molecule has 0 N–H and O–H groups in total. The van der Waals surface area contributed by atoms with Crippen molar-refractivity contribution >= 4 is 15.6 Å². The first-order chi connectivity index (χ1) is 12.1. The number of carbonyl (C=O) groups excluding carboxylic acids is 1. The van der Waals surface area contributed by atoms with Crippen molar-refractivity contribution in [3.8, 4) is 5.69 Å². The Morgan fingerprint density at radius 2 is 1.96 bits per heavy atom. The molecular weight excluding hydrogens is 354 g/mol. The number of nitrogens with zero attached hydrogens (tertiary/aromatic N) is 3. The highest BCUT2D eigenvalue weighted by Gasteiger charge is 2.18. The van der Waals surface area contributed by atoms with Crippen molar-refractivity contribution in [3.05, 3.63) is 64.2 Å².